The molecular formula is C43H49F2N9O7S. The Labute approximate surface area is 358 Å². The summed E-state index contributed by atoms with van der Waals surface area (Å²) in [6.45, 7) is 5.15. The van der Waals surface area contributed by atoms with Gasteiger partial charge in [-0.1, -0.05) is 13.0 Å². The Balaban J connectivity index is 0.885. The van der Waals surface area contributed by atoms with E-state index < -0.39 is 39.5 Å². The smallest absolute Gasteiger partial charge is 0.301 e. The summed E-state index contributed by atoms with van der Waals surface area (Å²) in [5.74, 6) is -2.07. The van der Waals surface area contributed by atoms with Gasteiger partial charge in [-0.05, 0) is 111 Å². The van der Waals surface area contributed by atoms with Crippen molar-refractivity contribution in [1.29, 1.82) is 5.26 Å². The zero-order chi connectivity index (χ0) is 44.1. The molecule has 3 N–H and O–H groups in total. The molecule has 0 bridgehead atoms. The topological polar surface area (TPSA) is 199 Å². The van der Waals surface area contributed by atoms with E-state index >= 15 is 8.78 Å². The Hall–Kier alpha value is -5.97. The van der Waals surface area contributed by atoms with Gasteiger partial charge in [0.2, 0.25) is 17.7 Å². The summed E-state index contributed by atoms with van der Waals surface area (Å²) in [4.78, 5) is 58.9. The third-order valence-corrected chi connectivity index (χ3v) is 13.6. The predicted molar refractivity (Wildman–Crippen MR) is 227 cm³/mol. The molecule has 328 valence electrons. The lowest BCUT2D eigenvalue weighted by atomic mass is 9.89. The van der Waals surface area contributed by atoms with Crippen molar-refractivity contribution in [1.82, 2.24) is 29.0 Å². The standard InChI is InChI=1S/C43H49F2N9O7S/c1-3-51(2)62(59,60)50-36-9-6-33(44)41(32(36)24-46)61-30-5-8-35-31(23-30)43(58)54(26-47-35)21-14-27-12-19-53(20-13-27)40(56)25-52-17-15-28(16-18-52)29-4-7-37(34(45)22-29)48-38-10-11-39(55)49-42(38)57/h4-9,22-23,26-28,38,48,50H,3,10-21,25H2,1-2H3,(H,49,55,57). The Bertz CT molecular complexity index is 2570. The molecule has 4 heterocycles. The highest BCUT2D eigenvalue weighted by Crippen LogP contribution is 2.35. The number of hydrogen-bond donors (Lipinski definition) is 3. The zero-order valence-corrected chi connectivity index (χ0v) is 35.3. The summed E-state index contributed by atoms with van der Waals surface area (Å²) < 4.78 is 65.9. The van der Waals surface area contributed by atoms with E-state index in [9.17, 15) is 32.9 Å². The van der Waals surface area contributed by atoms with Crippen LogP contribution >= 0.6 is 0 Å². The molecule has 4 aromatic rings. The van der Waals surface area contributed by atoms with E-state index in [1.54, 1.807) is 19.1 Å². The SMILES string of the molecule is CCN(C)S(=O)(=O)Nc1ccc(F)c(Oc2ccc3ncn(CCC4CCN(C(=O)CN5CCC(c6ccc(NC7CCC(=O)NC7=O)c(F)c6)CC5)CC4)c(=O)c3c2)c1C#N. The van der Waals surface area contributed by atoms with Gasteiger partial charge in [-0.15, -0.1) is 0 Å². The molecule has 3 saturated heterocycles. The van der Waals surface area contributed by atoms with Crippen LogP contribution in [0.25, 0.3) is 10.9 Å². The van der Waals surface area contributed by atoms with Crippen LogP contribution in [0, 0.1) is 28.9 Å². The number of halogens is 2. The van der Waals surface area contributed by atoms with Crippen LogP contribution in [0.4, 0.5) is 20.2 Å². The second-order valence-electron chi connectivity index (χ2n) is 16.0. The summed E-state index contributed by atoms with van der Waals surface area (Å²) >= 11 is 0. The summed E-state index contributed by atoms with van der Waals surface area (Å²) in [5.41, 5.74) is 0.636. The molecule has 0 saturated carbocycles. The number of benzene rings is 3. The van der Waals surface area contributed by atoms with E-state index in [1.165, 1.54) is 36.1 Å². The highest BCUT2D eigenvalue weighted by atomic mass is 32.2. The molecule has 3 aliphatic heterocycles. The number of aromatic nitrogens is 2. The third-order valence-electron chi connectivity index (χ3n) is 12.1. The van der Waals surface area contributed by atoms with Gasteiger partial charge in [0.15, 0.2) is 11.6 Å². The van der Waals surface area contributed by atoms with Crippen molar-refractivity contribution in [2.24, 2.45) is 5.92 Å². The van der Waals surface area contributed by atoms with E-state index in [4.69, 9.17) is 4.74 Å². The average Bonchev–Trinajstić information content (AvgIpc) is 3.26. The molecule has 7 rings (SSSR count). The van der Waals surface area contributed by atoms with E-state index in [-0.39, 0.29) is 70.2 Å². The first-order valence-corrected chi connectivity index (χ1v) is 22.2. The molecule has 16 nitrogen and oxygen atoms in total. The lowest BCUT2D eigenvalue weighted by Gasteiger charge is -2.36. The first-order chi connectivity index (χ1) is 29.7. The van der Waals surface area contributed by atoms with Gasteiger partial charge in [-0.25, -0.2) is 13.8 Å². The highest BCUT2D eigenvalue weighted by molar-refractivity contribution is 7.90. The van der Waals surface area contributed by atoms with Crippen LogP contribution in [0.2, 0.25) is 0 Å². The van der Waals surface area contributed by atoms with Crippen LogP contribution in [-0.2, 0) is 31.1 Å². The Morgan fingerprint density at radius 2 is 1.73 bits per heavy atom. The Kier molecular flexibility index (Phi) is 13.5. The second-order valence-corrected chi connectivity index (χ2v) is 17.8. The number of carbonyl (C=O) groups is 3. The number of aryl methyl sites for hydroxylation is 1. The van der Waals surface area contributed by atoms with Gasteiger partial charge in [0.05, 0.1) is 35.1 Å². The van der Waals surface area contributed by atoms with Gasteiger partial charge in [0.25, 0.3) is 5.56 Å². The molecule has 62 heavy (non-hydrogen) atoms. The van der Waals surface area contributed by atoms with E-state index in [1.807, 2.05) is 17.0 Å². The number of imide groups is 1. The van der Waals surface area contributed by atoms with Crippen molar-refractivity contribution in [3.05, 3.63) is 88.0 Å². The van der Waals surface area contributed by atoms with E-state index in [0.717, 1.165) is 47.7 Å². The average molecular weight is 874 g/mol. The van der Waals surface area contributed by atoms with Gasteiger partial charge in [0.1, 0.15) is 29.2 Å². The lowest BCUT2D eigenvalue weighted by molar-refractivity contribution is -0.135. The maximum atomic E-state index is 15.0. The quantitative estimate of drug-likeness (QED) is 0.149. The van der Waals surface area contributed by atoms with Gasteiger partial charge < -0.3 is 15.0 Å². The fraction of sp³-hybridized carbons (Fsp3) is 0.442. The number of fused-ring (bicyclic) bond motifs is 1. The van der Waals surface area contributed by atoms with Crippen molar-refractivity contribution in [3.63, 3.8) is 0 Å². The fourth-order valence-corrected chi connectivity index (χ4v) is 9.09. The van der Waals surface area contributed by atoms with Crippen molar-refractivity contribution in [2.75, 3.05) is 56.4 Å². The normalized spacial score (nSPS) is 18.1. The Morgan fingerprint density at radius 1 is 0.984 bits per heavy atom. The number of amides is 3. The van der Waals surface area contributed by atoms with Crippen molar-refractivity contribution < 1.29 is 36.3 Å². The van der Waals surface area contributed by atoms with E-state index in [2.05, 4.69) is 25.2 Å². The monoisotopic (exact) mass is 873 g/mol. The molecule has 19 heteroatoms. The number of nitrogens with zero attached hydrogens (tertiary/aromatic N) is 6. The van der Waals surface area contributed by atoms with Crippen LogP contribution in [0.15, 0.2) is 59.7 Å². The molecule has 1 atom stereocenters. The van der Waals surface area contributed by atoms with Crippen molar-refractivity contribution in [2.45, 2.75) is 70.4 Å². The van der Waals surface area contributed by atoms with E-state index in [0.29, 0.717) is 57.6 Å². The molecule has 0 radical (unpaired) electrons. The van der Waals surface area contributed by atoms with Gasteiger partial charge in [0, 0.05) is 39.6 Å². The summed E-state index contributed by atoms with van der Waals surface area (Å²) in [6, 6.07) is 12.7. The Morgan fingerprint density at radius 3 is 2.42 bits per heavy atom. The first kappa shape index (κ1) is 44.1. The largest absolute Gasteiger partial charge is 0.453 e. The molecule has 3 aliphatic rings. The lowest BCUT2D eigenvalue weighted by Crippen LogP contribution is -2.47. The van der Waals surface area contributed by atoms with Gasteiger partial charge >= 0.3 is 10.2 Å². The third kappa shape index (κ3) is 10.0. The highest BCUT2D eigenvalue weighted by Gasteiger charge is 2.30. The summed E-state index contributed by atoms with van der Waals surface area (Å²) in [6.07, 6.45) is 5.83. The zero-order valence-electron chi connectivity index (χ0n) is 34.5. The molecular weight excluding hydrogens is 825 g/mol. The molecule has 3 aromatic carbocycles. The molecule has 3 fully saturated rings. The van der Waals surface area contributed by atoms with Crippen molar-refractivity contribution >= 4 is 50.2 Å². The second kappa shape index (κ2) is 19.0. The minimum Gasteiger partial charge on any atom is -0.453 e. The number of nitriles is 1. The number of piperidine rings is 3. The number of likely N-dealkylation sites (tertiary alicyclic amines) is 2. The predicted octanol–water partition coefficient (Wildman–Crippen LogP) is 4.67. The number of rotatable bonds is 14. The number of hydrogen-bond acceptors (Lipinski definition) is 11. The number of ether oxygens (including phenoxy) is 1. The maximum Gasteiger partial charge on any atom is 0.301 e. The van der Waals surface area contributed by atoms with Gasteiger partial charge in [-0.2, -0.15) is 18.0 Å². The molecule has 0 aliphatic carbocycles. The maximum absolute atomic E-state index is 15.0. The number of anilines is 2. The number of carbonyl (C=O) groups excluding carboxylic acids is 3. The minimum absolute atomic E-state index is 0.0555. The molecule has 0 spiro atoms. The molecule has 1 unspecified atom stereocenters. The summed E-state index contributed by atoms with van der Waals surface area (Å²) in [5, 5.41) is 15.3. The fourth-order valence-electron chi connectivity index (χ4n) is 8.15. The van der Waals surface area contributed by atoms with Crippen molar-refractivity contribution in [3.8, 4) is 17.6 Å². The number of nitrogens with one attached hydrogen (secondary N) is 3. The first-order valence-electron chi connectivity index (χ1n) is 20.8. The van der Waals surface area contributed by atoms with Crippen LogP contribution in [0.3, 0.4) is 0 Å². The van der Waals surface area contributed by atoms with Crippen LogP contribution in [-0.4, -0.2) is 102 Å². The molecule has 3 amide bonds. The molecule has 1 aromatic heterocycles. The van der Waals surface area contributed by atoms with Gasteiger partial charge in [-0.3, -0.25) is 38.7 Å². The summed E-state index contributed by atoms with van der Waals surface area (Å²) in [7, 11) is -2.66. The van der Waals surface area contributed by atoms with Crippen LogP contribution in [0.1, 0.15) is 68.9 Å². The minimum atomic E-state index is -4.02. The van der Waals surface area contributed by atoms with Crippen LogP contribution in [0.5, 0.6) is 11.5 Å². The van der Waals surface area contributed by atoms with Crippen LogP contribution < -0.4 is 25.7 Å².